The molecule has 0 aromatic heterocycles. The number of nitrogens with one attached hydrogen (secondary N) is 1. The average Bonchev–Trinajstić information content (AvgIpc) is 2.74. The van der Waals surface area contributed by atoms with E-state index in [9.17, 15) is 14.4 Å². The number of carbonyl (C=O) groups excluding carboxylic acids is 3. The molecule has 0 radical (unpaired) electrons. The molecular weight excluding hydrogens is 320 g/mol. The van der Waals surface area contributed by atoms with Gasteiger partial charge in [0.25, 0.3) is 0 Å². The maximum Gasteiger partial charge on any atom is 0.242 e. The van der Waals surface area contributed by atoms with Crippen LogP contribution >= 0.6 is 0 Å². The first-order chi connectivity index (χ1) is 11.8. The first-order valence-corrected chi connectivity index (χ1v) is 8.69. The van der Waals surface area contributed by atoms with Crippen LogP contribution in [0.2, 0.25) is 0 Å². The zero-order valence-corrected chi connectivity index (χ0v) is 14.9. The monoisotopic (exact) mass is 344 g/mol. The average molecular weight is 344 g/mol. The van der Waals surface area contributed by atoms with E-state index in [1.54, 1.807) is 18.9 Å². The van der Waals surface area contributed by atoms with Crippen LogP contribution in [0.1, 0.15) is 48.5 Å². The number of carbonyl (C=O) groups is 3. The van der Waals surface area contributed by atoms with E-state index in [1.165, 1.54) is 0 Å². The fourth-order valence-corrected chi connectivity index (χ4v) is 3.70. The van der Waals surface area contributed by atoms with E-state index in [4.69, 9.17) is 4.74 Å². The van der Waals surface area contributed by atoms with Crippen molar-refractivity contribution in [2.75, 3.05) is 13.6 Å². The molecule has 0 bridgehead atoms. The van der Waals surface area contributed by atoms with Crippen molar-refractivity contribution in [3.8, 4) is 5.75 Å². The minimum Gasteiger partial charge on any atom is -0.486 e. The second-order valence-electron chi connectivity index (χ2n) is 7.01. The van der Waals surface area contributed by atoms with Gasteiger partial charge in [-0.1, -0.05) is 11.6 Å². The first kappa shape index (κ1) is 17.5. The molecule has 6 heteroatoms. The maximum atomic E-state index is 12.6. The zero-order valence-electron chi connectivity index (χ0n) is 14.9. The third-order valence-corrected chi connectivity index (χ3v) is 5.26. The van der Waals surface area contributed by atoms with E-state index in [2.05, 4.69) is 5.32 Å². The Labute approximate surface area is 147 Å². The summed E-state index contributed by atoms with van der Waals surface area (Å²) >= 11 is 0. The summed E-state index contributed by atoms with van der Waals surface area (Å²) in [7, 11) is 1.56. The van der Waals surface area contributed by atoms with Crippen LogP contribution < -0.4 is 10.1 Å². The summed E-state index contributed by atoms with van der Waals surface area (Å²) < 4.78 is 6.23. The van der Waals surface area contributed by atoms with Crippen molar-refractivity contribution in [1.29, 1.82) is 0 Å². The van der Waals surface area contributed by atoms with Crippen LogP contribution in [-0.2, 0) is 9.59 Å². The minimum absolute atomic E-state index is 0.0604. The molecule has 0 saturated carbocycles. The van der Waals surface area contributed by atoms with Gasteiger partial charge in [-0.3, -0.25) is 14.4 Å². The summed E-state index contributed by atoms with van der Waals surface area (Å²) in [4.78, 5) is 38.6. The Morgan fingerprint density at radius 2 is 2.08 bits per heavy atom. The van der Waals surface area contributed by atoms with Gasteiger partial charge in [-0.25, -0.2) is 0 Å². The normalized spacial score (nSPS) is 24.4. The predicted molar refractivity (Wildman–Crippen MR) is 92.6 cm³/mol. The van der Waals surface area contributed by atoms with Gasteiger partial charge in [0.2, 0.25) is 11.8 Å². The van der Waals surface area contributed by atoms with Gasteiger partial charge < -0.3 is 15.0 Å². The summed E-state index contributed by atoms with van der Waals surface area (Å²) in [6.45, 7) is 4.07. The van der Waals surface area contributed by atoms with Crippen LogP contribution in [-0.4, -0.2) is 47.7 Å². The van der Waals surface area contributed by atoms with Gasteiger partial charge in [0.1, 0.15) is 17.4 Å². The standard InChI is InChI=1S/C19H24N2O4/c1-12-4-5-16-14(10-12)15(22)11-19(25-16)7-6-17(23)21(9-8-19)13(2)18(24)20-3/h4-5,10,13H,6-9,11H2,1-3H3,(H,20,24)/t13-,19+/m1/s1. The van der Waals surface area contributed by atoms with Crippen molar-refractivity contribution in [3.05, 3.63) is 29.3 Å². The predicted octanol–water partition coefficient (Wildman–Crippen LogP) is 1.85. The molecule has 1 saturated heterocycles. The number of fused-ring (bicyclic) bond motifs is 1. The number of likely N-dealkylation sites (N-methyl/N-ethyl adjacent to an activating group) is 1. The van der Waals surface area contributed by atoms with Crippen molar-refractivity contribution in [2.45, 2.75) is 51.2 Å². The largest absolute Gasteiger partial charge is 0.486 e. The molecule has 134 valence electrons. The number of Topliss-reactive ketones (excluding diaryl/α,β-unsaturated/α-hetero) is 1. The molecule has 2 aliphatic heterocycles. The Bertz CT molecular complexity index is 730. The number of nitrogens with zero attached hydrogens (tertiary/aromatic N) is 1. The number of hydrogen-bond donors (Lipinski definition) is 1. The molecule has 0 aliphatic carbocycles. The Kier molecular flexibility index (Phi) is 4.54. The second kappa shape index (κ2) is 6.50. The summed E-state index contributed by atoms with van der Waals surface area (Å²) in [6.07, 6.45) is 1.58. The molecule has 1 aromatic rings. The van der Waals surface area contributed by atoms with Crippen molar-refractivity contribution in [2.24, 2.45) is 0 Å². The molecule has 1 fully saturated rings. The quantitative estimate of drug-likeness (QED) is 0.888. The number of likely N-dealkylation sites (tertiary alicyclic amines) is 1. The van der Waals surface area contributed by atoms with Gasteiger partial charge in [0, 0.05) is 26.4 Å². The fourth-order valence-electron chi connectivity index (χ4n) is 3.70. The van der Waals surface area contributed by atoms with E-state index in [0.29, 0.717) is 30.7 Å². The van der Waals surface area contributed by atoms with E-state index < -0.39 is 11.6 Å². The first-order valence-electron chi connectivity index (χ1n) is 8.69. The summed E-state index contributed by atoms with van der Waals surface area (Å²) in [5.41, 5.74) is 0.983. The van der Waals surface area contributed by atoms with Crippen LogP contribution in [0.25, 0.3) is 0 Å². The number of ether oxygens (including phenoxy) is 1. The number of ketones is 1. The molecule has 1 aromatic carbocycles. The summed E-state index contributed by atoms with van der Waals surface area (Å²) in [5, 5.41) is 2.58. The van der Waals surface area contributed by atoms with Crippen molar-refractivity contribution < 1.29 is 19.1 Å². The molecule has 2 heterocycles. The Hall–Kier alpha value is -2.37. The fraction of sp³-hybridized carbons (Fsp3) is 0.526. The third-order valence-electron chi connectivity index (χ3n) is 5.26. The number of hydrogen-bond acceptors (Lipinski definition) is 4. The van der Waals surface area contributed by atoms with Gasteiger partial charge >= 0.3 is 0 Å². The Morgan fingerprint density at radius 3 is 2.80 bits per heavy atom. The SMILES string of the molecule is CNC(=O)[C@@H](C)N1CC[C@@]2(CCC1=O)CC(=O)c1cc(C)ccc1O2. The highest BCUT2D eigenvalue weighted by molar-refractivity contribution is 6.00. The lowest BCUT2D eigenvalue weighted by Gasteiger charge is -2.37. The molecule has 2 atom stereocenters. The van der Waals surface area contributed by atoms with Crippen molar-refractivity contribution in [1.82, 2.24) is 10.2 Å². The molecule has 6 nitrogen and oxygen atoms in total. The smallest absolute Gasteiger partial charge is 0.242 e. The van der Waals surface area contributed by atoms with Gasteiger partial charge in [-0.2, -0.15) is 0 Å². The van der Waals surface area contributed by atoms with E-state index in [-0.39, 0.29) is 30.4 Å². The van der Waals surface area contributed by atoms with Crippen molar-refractivity contribution in [3.63, 3.8) is 0 Å². The molecule has 1 N–H and O–H groups in total. The zero-order chi connectivity index (χ0) is 18.2. The van der Waals surface area contributed by atoms with Crippen LogP contribution in [0, 0.1) is 6.92 Å². The summed E-state index contributed by atoms with van der Waals surface area (Å²) in [6, 6.07) is 5.09. The van der Waals surface area contributed by atoms with Gasteiger partial charge in [-0.05, 0) is 32.4 Å². The lowest BCUT2D eigenvalue weighted by atomic mass is 9.84. The van der Waals surface area contributed by atoms with Gasteiger partial charge in [-0.15, -0.1) is 0 Å². The second-order valence-corrected chi connectivity index (χ2v) is 7.01. The molecule has 25 heavy (non-hydrogen) atoms. The minimum atomic E-state index is -0.661. The van der Waals surface area contributed by atoms with E-state index in [0.717, 1.165) is 5.56 Å². The lowest BCUT2D eigenvalue weighted by molar-refractivity contribution is -0.139. The van der Waals surface area contributed by atoms with E-state index in [1.807, 2.05) is 25.1 Å². The molecule has 1 spiro atoms. The van der Waals surface area contributed by atoms with Crippen LogP contribution in [0.5, 0.6) is 5.75 Å². The maximum absolute atomic E-state index is 12.6. The molecular formula is C19H24N2O4. The third kappa shape index (κ3) is 3.25. The highest BCUT2D eigenvalue weighted by Gasteiger charge is 2.44. The van der Waals surface area contributed by atoms with E-state index >= 15 is 0 Å². The molecule has 2 aliphatic rings. The highest BCUT2D eigenvalue weighted by Crippen LogP contribution is 2.40. The molecule has 0 unspecified atom stereocenters. The van der Waals surface area contributed by atoms with Crippen LogP contribution in [0.3, 0.4) is 0 Å². The topological polar surface area (TPSA) is 75.7 Å². The van der Waals surface area contributed by atoms with Gasteiger partial charge in [0.15, 0.2) is 5.78 Å². The molecule has 3 rings (SSSR count). The number of aryl methyl sites for hydroxylation is 1. The highest BCUT2D eigenvalue weighted by atomic mass is 16.5. The van der Waals surface area contributed by atoms with Crippen LogP contribution in [0.15, 0.2) is 18.2 Å². The van der Waals surface area contributed by atoms with Crippen LogP contribution in [0.4, 0.5) is 0 Å². The Balaban J connectivity index is 1.83. The summed E-state index contributed by atoms with van der Waals surface area (Å²) in [5.74, 6) is 0.400. The number of benzene rings is 1. The van der Waals surface area contributed by atoms with Gasteiger partial charge in [0.05, 0.1) is 12.0 Å². The number of amides is 2. The molecule has 2 amide bonds. The van der Waals surface area contributed by atoms with Crippen molar-refractivity contribution >= 4 is 17.6 Å². The Morgan fingerprint density at radius 1 is 1.32 bits per heavy atom. The number of rotatable bonds is 2. The lowest BCUT2D eigenvalue weighted by Crippen LogP contribution is -2.48.